The summed E-state index contributed by atoms with van der Waals surface area (Å²) in [4.78, 5) is 12.6. The van der Waals surface area contributed by atoms with Crippen LogP contribution >= 0.6 is 22.9 Å². The van der Waals surface area contributed by atoms with Gasteiger partial charge in [-0.2, -0.15) is 9.57 Å². The van der Waals surface area contributed by atoms with Crippen LogP contribution in [0.1, 0.15) is 39.1 Å². The molecule has 0 saturated carbocycles. The Morgan fingerprint density at radius 2 is 2.00 bits per heavy atom. The molecule has 32 heavy (non-hydrogen) atoms. The van der Waals surface area contributed by atoms with Gasteiger partial charge in [-0.25, -0.2) is 8.42 Å². The maximum absolute atomic E-state index is 13.1. The first-order valence-electron chi connectivity index (χ1n) is 9.77. The van der Waals surface area contributed by atoms with Gasteiger partial charge < -0.3 is 5.32 Å². The third-order valence-electron chi connectivity index (χ3n) is 5.07. The van der Waals surface area contributed by atoms with Crippen LogP contribution in [0.2, 0.25) is 5.02 Å². The van der Waals surface area contributed by atoms with E-state index in [1.807, 2.05) is 6.07 Å². The van der Waals surface area contributed by atoms with Crippen molar-refractivity contribution in [1.82, 2.24) is 14.5 Å². The van der Waals surface area contributed by atoms with Gasteiger partial charge in [0.1, 0.15) is 5.01 Å². The first kappa shape index (κ1) is 22.4. The SMILES string of the molecule is N#Cc1cccc(S(=O)(=O)N2CCC[C@@H](c3nnc(C(=O)Nc4ccc(Cl)cc4)s3)C2)c1. The summed E-state index contributed by atoms with van der Waals surface area (Å²) in [5.74, 6) is -0.545. The highest BCUT2D eigenvalue weighted by Gasteiger charge is 2.33. The quantitative estimate of drug-likeness (QED) is 0.583. The van der Waals surface area contributed by atoms with Gasteiger partial charge in [0, 0.05) is 29.7 Å². The van der Waals surface area contributed by atoms with Crippen molar-refractivity contribution in [1.29, 1.82) is 5.26 Å². The zero-order valence-corrected chi connectivity index (χ0v) is 19.1. The van der Waals surface area contributed by atoms with Gasteiger partial charge in [-0.3, -0.25) is 4.79 Å². The highest BCUT2D eigenvalue weighted by atomic mass is 35.5. The number of aromatic nitrogens is 2. The van der Waals surface area contributed by atoms with Crippen LogP contribution in [0, 0.1) is 11.3 Å². The average molecular weight is 488 g/mol. The number of nitrogens with one attached hydrogen (secondary N) is 1. The van der Waals surface area contributed by atoms with E-state index in [0.29, 0.717) is 34.2 Å². The van der Waals surface area contributed by atoms with Crippen LogP contribution in [0.25, 0.3) is 0 Å². The monoisotopic (exact) mass is 487 g/mol. The molecule has 1 N–H and O–H groups in total. The number of hydrogen-bond acceptors (Lipinski definition) is 7. The average Bonchev–Trinajstić information content (AvgIpc) is 3.31. The standard InChI is InChI=1S/C21H18ClN5O3S2/c22-16-6-8-17(9-7-16)24-19(28)21-26-25-20(31-21)15-4-2-10-27(13-15)32(29,30)18-5-1-3-14(11-18)12-23/h1,3,5-9,11,15H,2,4,10,13H2,(H,24,28)/t15-/m1/s1. The zero-order valence-electron chi connectivity index (χ0n) is 16.7. The Balaban J connectivity index is 1.48. The first-order chi connectivity index (χ1) is 15.4. The molecule has 2 heterocycles. The molecular weight excluding hydrogens is 470 g/mol. The normalized spacial score (nSPS) is 16.9. The van der Waals surface area contributed by atoms with E-state index in [-0.39, 0.29) is 28.3 Å². The van der Waals surface area contributed by atoms with Crippen LogP contribution in [0.5, 0.6) is 0 Å². The second-order valence-corrected chi connectivity index (χ2v) is 10.6. The second kappa shape index (κ2) is 9.34. The molecular formula is C21H18ClN5O3S2. The Kier molecular flexibility index (Phi) is 6.53. The minimum absolute atomic E-state index is 0.0949. The molecule has 3 aromatic rings. The van der Waals surface area contributed by atoms with Gasteiger partial charge >= 0.3 is 0 Å². The van der Waals surface area contributed by atoms with Crippen molar-refractivity contribution in [2.45, 2.75) is 23.7 Å². The summed E-state index contributed by atoms with van der Waals surface area (Å²) in [6.07, 6.45) is 1.41. The van der Waals surface area contributed by atoms with Gasteiger partial charge in [0.15, 0.2) is 0 Å². The number of sulfonamides is 1. The van der Waals surface area contributed by atoms with Gasteiger partial charge in [0.25, 0.3) is 5.91 Å². The number of benzene rings is 2. The lowest BCUT2D eigenvalue weighted by Gasteiger charge is -2.30. The summed E-state index contributed by atoms with van der Waals surface area (Å²) in [5, 5.41) is 21.4. The van der Waals surface area contributed by atoms with Crippen LogP contribution in [-0.2, 0) is 10.0 Å². The fourth-order valence-electron chi connectivity index (χ4n) is 3.45. The smallest absolute Gasteiger partial charge is 0.286 e. The summed E-state index contributed by atoms with van der Waals surface area (Å²) >= 11 is 7.02. The Labute approximate surface area is 194 Å². The van der Waals surface area contributed by atoms with E-state index in [1.54, 1.807) is 36.4 Å². The van der Waals surface area contributed by atoms with Crippen molar-refractivity contribution in [3.63, 3.8) is 0 Å². The molecule has 0 bridgehead atoms. The first-order valence-corrected chi connectivity index (χ1v) is 12.4. The van der Waals surface area contributed by atoms with Crippen LogP contribution in [0.4, 0.5) is 5.69 Å². The summed E-state index contributed by atoms with van der Waals surface area (Å²) in [7, 11) is -3.74. The molecule has 4 rings (SSSR count). The predicted octanol–water partition coefficient (Wildman–Crippen LogP) is 3.88. The maximum atomic E-state index is 13.1. The molecule has 8 nitrogen and oxygen atoms in total. The van der Waals surface area contributed by atoms with E-state index in [2.05, 4.69) is 15.5 Å². The Bertz CT molecular complexity index is 1290. The minimum atomic E-state index is -3.74. The summed E-state index contributed by atoms with van der Waals surface area (Å²) in [5.41, 5.74) is 0.880. The molecule has 0 radical (unpaired) electrons. The molecule has 1 atom stereocenters. The molecule has 2 aromatic carbocycles. The van der Waals surface area contributed by atoms with E-state index in [1.165, 1.54) is 16.4 Å². The summed E-state index contributed by atoms with van der Waals surface area (Å²) in [6, 6.07) is 14.7. The highest BCUT2D eigenvalue weighted by Crippen LogP contribution is 2.32. The molecule has 11 heteroatoms. The number of piperidine rings is 1. The highest BCUT2D eigenvalue weighted by molar-refractivity contribution is 7.89. The fraction of sp³-hybridized carbons (Fsp3) is 0.238. The summed E-state index contributed by atoms with van der Waals surface area (Å²) in [6.45, 7) is 0.630. The van der Waals surface area contributed by atoms with E-state index >= 15 is 0 Å². The van der Waals surface area contributed by atoms with Crippen LogP contribution in [0.15, 0.2) is 53.4 Å². The molecule has 1 aromatic heterocycles. The third-order valence-corrected chi connectivity index (χ3v) is 8.27. The molecule has 0 unspecified atom stereocenters. The van der Waals surface area contributed by atoms with Crippen molar-refractivity contribution >= 4 is 44.6 Å². The number of nitriles is 1. The van der Waals surface area contributed by atoms with Crippen LogP contribution in [-0.4, -0.2) is 41.9 Å². The van der Waals surface area contributed by atoms with Gasteiger partial charge in [0.2, 0.25) is 15.0 Å². The Morgan fingerprint density at radius 1 is 1.22 bits per heavy atom. The number of hydrogen-bond donors (Lipinski definition) is 1. The van der Waals surface area contributed by atoms with Gasteiger partial charge in [-0.15, -0.1) is 10.2 Å². The fourth-order valence-corrected chi connectivity index (χ4v) is 6.01. The van der Waals surface area contributed by atoms with Crippen molar-refractivity contribution < 1.29 is 13.2 Å². The second-order valence-electron chi connectivity index (χ2n) is 7.25. The zero-order chi connectivity index (χ0) is 22.7. The Morgan fingerprint density at radius 3 is 2.75 bits per heavy atom. The van der Waals surface area contributed by atoms with E-state index in [4.69, 9.17) is 16.9 Å². The molecule has 1 amide bonds. The maximum Gasteiger partial charge on any atom is 0.286 e. The Hall–Kier alpha value is -2.84. The largest absolute Gasteiger partial charge is 0.320 e. The number of rotatable bonds is 5. The van der Waals surface area contributed by atoms with Gasteiger partial charge in [-0.05, 0) is 55.3 Å². The minimum Gasteiger partial charge on any atom is -0.320 e. The molecule has 0 aliphatic carbocycles. The number of anilines is 1. The lowest BCUT2D eigenvalue weighted by molar-refractivity contribution is 0.102. The van der Waals surface area contributed by atoms with Crippen molar-refractivity contribution in [3.8, 4) is 6.07 Å². The summed E-state index contributed by atoms with van der Waals surface area (Å²) < 4.78 is 27.6. The third kappa shape index (κ3) is 4.81. The number of nitrogens with zero attached hydrogens (tertiary/aromatic N) is 4. The van der Waals surface area contributed by atoms with Crippen molar-refractivity contribution in [2.75, 3.05) is 18.4 Å². The topological polar surface area (TPSA) is 116 Å². The van der Waals surface area contributed by atoms with Crippen LogP contribution in [0.3, 0.4) is 0 Å². The van der Waals surface area contributed by atoms with Crippen molar-refractivity contribution in [3.05, 3.63) is 69.1 Å². The molecule has 164 valence electrons. The van der Waals surface area contributed by atoms with E-state index in [9.17, 15) is 13.2 Å². The van der Waals surface area contributed by atoms with E-state index in [0.717, 1.165) is 17.8 Å². The number of halogens is 1. The number of carbonyl (C=O) groups excluding carboxylic acids is 1. The van der Waals surface area contributed by atoms with E-state index < -0.39 is 10.0 Å². The number of carbonyl (C=O) groups is 1. The van der Waals surface area contributed by atoms with Gasteiger partial charge in [0.05, 0.1) is 16.5 Å². The van der Waals surface area contributed by atoms with Crippen LogP contribution < -0.4 is 5.32 Å². The lowest BCUT2D eigenvalue weighted by atomic mass is 10.0. The molecule has 0 spiro atoms. The lowest BCUT2D eigenvalue weighted by Crippen LogP contribution is -2.39. The van der Waals surface area contributed by atoms with Crippen molar-refractivity contribution in [2.24, 2.45) is 0 Å². The predicted molar refractivity (Wildman–Crippen MR) is 121 cm³/mol. The molecule has 1 saturated heterocycles. The molecule has 1 fully saturated rings. The molecule has 1 aliphatic heterocycles. The van der Waals surface area contributed by atoms with Gasteiger partial charge in [-0.1, -0.05) is 29.0 Å². The number of amides is 1. The molecule has 1 aliphatic rings.